The van der Waals surface area contributed by atoms with Gasteiger partial charge in [-0.25, -0.2) is 0 Å². The van der Waals surface area contributed by atoms with Crippen LogP contribution < -0.4 is 5.01 Å². The third-order valence-electron chi connectivity index (χ3n) is 5.19. The summed E-state index contributed by atoms with van der Waals surface area (Å²) in [4.78, 5) is 10.6. The normalized spacial score (nSPS) is 16.0. The molecule has 1 atom stereocenters. The van der Waals surface area contributed by atoms with E-state index in [-0.39, 0.29) is 11.7 Å². The Kier molecular flexibility index (Phi) is 5.32. The van der Waals surface area contributed by atoms with Crippen LogP contribution in [0.4, 0.5) is 11.4 Å². The number of rotatable bonds is 5. The molecular weight excluding hydrogens is 386 g/mol. The maximum Gasteiger partial charge on any atom is 0.269 e. The largest absolute Gasteiger partial charge is 0.269 e. The first-order valence-corrected chi connectivity index (χ1v) is 9.89. The van der Waals surface area contributed by atoms with E-state index < -0.39 is 4.92 Å². The van der Waals surface area contributed by atoms with Gasteiger partial charge in [-0.1, -0.05) is 54.9 Å². The van der Waals surface area contributed by atoms with Crippen molar-refractivity contribution >= 4 is 28.7 Å². The van der Waals surface area contributed by atoms with Gasteiger partial charge in [-0.2, -0.15) is 5.10 Å². The average molecular weight is 406 g/mol. The summed E-state index contributed by atoms with van der Waals surface area (Å²) in [6.45, 7) is 2.13. The van der Waals surface area contributed by atoms with Crippen LogP contribution >= 0.6 is 11.6 Å². The Morgan fingerprint density at radius 2 is 1.69 bits per heavy atom. The van der Waals surface area contributed by atoms with Crippen molar-refractivity contribution in [2.45, 2.75) is 25.8 Å². The van der Waals surface area contributed by atoms with Crippen molar-refractivity contribution in [1.82, 2.24) is 0 Å². The second-order valence-corrected chi connectivity index (χ2v) is 7.42. The van der Waals surface area contributed by atoms with Crippen LogP contribution in [-0.2, 0) is 6.42 Å². The van der Waals surface area contributed by atoms with Crippen LogP contribution in [0.15, 0.2) is 77.9 Å². The van der Waals surface area contributed by atoms with Gasteiger partial charge < -0.3 is 0 Å². The van der Waals surface area contributed by atoms with Gasteiger partial charge in [0, 0.05) is 23.6 Å². The second kappa shape index (κ2) is 8.05. The van der Waals surface area contributed by atoms with Crippen molar-refractivity contribution < 1.29 is 4.92 Å². The van der Waals surface area contributed by atoms with Crippen molar-refractivity contribution in [2.24, 2.45) is 5.10 Å². The van der Waals surface area contributed by atoms with E-state index in [1.165, 1.54) is 17.7 Å². The fourth-order valence-corrected chi connectivity index (χ4v) is 3.65. The van der Waals surface area contributed by atoms with E-state index in [9.17, 15) is 10.1 Å². The van der Waals surface area contributed by atoms with Crippen molar-refractivity contribution in [1.29, 1.82) is 0 Å². The number of non-ortho nitro benzene ring substituents is 1. The fourth-order valence-electron chi connectivity index (χ4n) is 3.53. The molecule has 0 bridgehead atoms. The zero-order valence-corrected chi connectivity index (χ0v) is 16.7. The van der Waals surface area contributed by atoms with Crippen molar-refractivity contribution in [3.05, 3.63) is 105 Å². The van der Waals surface area contributed by atoms with E-state index in [0.717, 1.165) is 35.4 Å². The topological polar surface area (TPSA) is 58.7 Å². The summed E-state index contributed by atoms with van der Waals surface area (Å²) in [6.07, 6.45) is 1.74. The molecule has 1 aliphatic rings. The van der Waals surface area contributed by atoms with E-state index in [2.05, 4.69) is 31.2 Å². The van der Waals surface area contributed by atoms with Crippen LogP contribution in [0, 0.1) is 10.1 Å². The Morgan fingerprint density at radius 1 is 1.03 bits per heavy atom. The van der Waals surface area contributed by atoms with E-state index in [1.807, 2.05) is 29.3 Å². The Balaban J connectivity index is 1.71. The molecule has 0 saturated heterocycles. The fraction of sp³-hybridized carbons (Fsp3) is 0.174. The van der Waals surface area contributed by atoms with Crippen LogP contribution in [0.3, 0.4) is 0 Å². The number of hydrogen-bond donors (Lipinski definition) is 0. The first kappa shape index (κ1) is 19.2. The average Bonchev–Trinajstić information content (AvgIpc) is 3.20. The van der Waals surface area contributed by atoms with Crippen LogP contribution in [0.25, 0.3) is 0 Å². The molecule has 1 heterocycles. The van der Waals surface area contributed by atoms with Gasteiger partial charge >= 0.3 is 0 Å². The van der Waals surface area contributed by atoms with Crippen molar-refractivity contribution in [3.8, 4) is 0 Å². The number of nitro benzene ring substituents is 1. The zero-order chi connectivity index (χ0) is 20.4. The molecule has 0 radical (unpaired) electrons. The Hall–Kier alpha value is -3.18. The summed E-state index contributed by atoms with van der Waals surface area (Å²) < 4.78 is 0. The van der Waals surface area contributed by atoms with E-state index in [0.29, 0.717) is 5.02 Å². The Bertz CT molecular complexity index is 1040. The minimum atomic E-state index is -0.394. The highest BCUT2D eigenvalue weighted by molar-refractivity contribution is 6.30. The van der Waals surface area contributed by atoms with Crippen LogP contribution in [0.1, 0.15) is 36.1 Å². The molecule has 3 aromatic carbocycles. The van der Waals surface area contributed by atoms with E-state index in [1.54, 1.807) is 12.1 Å². The number of benzene rings is 3. The van der Waals surface area contributed by atoms with Crippen molar-refractivity contribution in [3.63, 3.8) is 0 Å². The minimum absolute atomic E-state index is 0.00502. The van der Waals surface area contributed by atoms with Gasteiger partial charge in [0.15, 0.2) is 0 Å². The van der Waals surface area contributed by atoms with Gasteiger partial charge in [0.1, 0.15) is 0 Å². The van der Waals surface area contributed by atoms with Crippen LogP contribution in [-0.4, -0.2) is 10.6 Å². The highest BCUT2D eigenvalue weighted by atomic mass is 35.5. The molecule has 0 fully saturated rings. The number of halogens is 1. The predicted octanol–water partition coefficient (Wildman–Crippen LogP) is 6.17. The summed E-state index contributed by atoms with van der Waals surface area (Å²) in [5, 5.41) is 18.5. The lowest BCUT2D eigenvalue weighted by atomic mass is 9.97. The molecule has 3 aromatic rings. The number of hydrogen-bond acceptors (Lipinski definition) is 4. The lowest BCUT2D eigenvalue weighted by molar-refractivity contribution is -0.384. The molecule has 0 unspecified atom stereocenters. The zero-order valence-electron chi connectivity index (χ0n) is 16.0. The van der Waals surface area contributed by atoms with Gasteiger partial charge in [-0.3, -0.25) is 15.1 Å². The Morgan fingerprint density at radius 3 is 2.28 bits per heavy atom. The number of anilines is 1. The summed E-state index contributed by atoms with van der Waals surface area (Å²) in [5.41, 5.74) is 5.34. The monoisotopic (exact) mass is 405 g/mol. The van der Waals surface area contributed by atoms with Gasteiger partial charge in [-0.05, 0) is 47.4 Å². The lowest BCUT2D eigenvalue weighted by Crippen LogP contribution is -2.18. The molecule has 0 saturated carbocycles. The third kappa shape index (κ3) is 4.00. The summed E-state index contributed by atoms with van der Waals surface area (Å²) in [5.74, 6) is 0. The predicted molar refractivity (Wildman–Crippen MR) is 117 cm³/mol. The summed E-state index contributed by atoms with van der Waals surface area (Å²) >= 11 is 6.07. The molecule has 5 nitrogen and oxygen atoms in total. The molecular formula is C23H20ClN3O2. The molecule has 0 aliphatic carbocycles. The molecule has 0 amide bonds. The number of aryl methyl sites for hydroxylation is 1. The quantitative estimate of drug-likeness (QED) is 0.377. The lowest BCUT2D eigenvalue weighted by Gasteiger charge is -2.24. The molecule has 6 heteroatoms. The maximum atomic E-state index is 11.0. The third-order valence-corrected chi connectivity index (χ3v) is 5.44. The molecule has 0 spiro atoms. The van der Waals surface area contributed by atoms with Crippen LogP contribution in [0.5, 0.6) is 0 Å². The minimum Gasteiger partial charge on any atom is -0.258 e. The van der Waals surface area contributed by atoms with Crippen molar-refractivity contribution in [2.75, 3.05) is 5.01 Å². The first-order chi connectivity index (χ1) is 14.0. The van der Waals surface area contributed by atoms with Gasteiger partial charge in [0.05, 0.1) is 22.4 Å². The maximum absolute atomic E-state index is 11.0. The highest BCUT2D eigenvalue weighted by Gasteiger charge is 2.30. The van der Waals surface area contributed by atoms with Crippen LogP contribution in [0.2, 0.25) is 5.02 Å². The molecule has 0 N–H and O–H groups in total. The Labute approximate surface area is 174 Å². The van der Waals surface area contributed by atoms with E-state index in [4.69, 9.17) is 16.7 Å². The van der Waals surface area contributed by atoms with Gasteiger partial charge in [0.25, 0.3) is 5.69 Å². The number of nitro groups is 1. The molecule has 146 valence electrons. The molecule has 29 heavy (non-hydrogen) atoms. The first-order valence-electron chi connectivity index (χ1n) is 9.51. The summed E-state index contributed by atoms with van der Waals surface area (Å²) in [6, 6.07) is 22.7. The van der Waals surface area contributed by atoms with E-state index >= 15 is 0 Å². The number of hydrazone groups is 1. The number of nitrogens with zero attached hydrogens (tertiary/aromatic N) is 3. The highest BCUT2D eigenvalue weighted by Crippen LogP contribution is 2.37. The standard InChI is InChI=1S/C23H20ClN3O2/c1-2-16-3-5-17(6-4-16)22-15-23(18-7-9-19(24)10-8-18)26(25-22)20-11-13-21(14-12-20)27(28)29/h3-14,23H,2,15H2,1H3/t23-/m0/s1. The molecule has 4 rings (SSSR count). The van der Waals surface area contributed by atoms with Gasteiger partial charge in [0.2, 0.25) is 0 Å². The molecule has 1 aliphatic heterocycles. The molecule has 0 aromatic heterocycles. The van der Waals surface area contributed by atoms with Gasteiger partial charge in [-0.15, -0.1) is 0 Å². The SMILES string of the molecule is CCc1ccc(C2=NN(c3ccc([N+](=O)[O-])cc3)[C@H](c3ccc(Cl)cc3)C2)cc1. The smallest absolute Gasteiger partial charge is 0.258 e. The second-order valence-electron chi connectivity index (χ2n) is 6.99. The summed E-state index contributed by atoms with van der Waals surface area (Å²) in [7, 11) is 0.